The summed E-state index contributed by atoms with van der Waals surface area (Å²) >= 11 is 1.30. The smallest absolute Gasteiger partial charge is 0.316 e. The van der Waals surface area contributed by atoms with Crippen molar-refractivity contribution in [1.29, 1.82) is 0 Å². The Balaban J connectivity index is 2.07. The zero-order chi connectivity index (χ0) is 15.9. The second-order valence-electron chi connectivity index (χ2n) is 5.67. The molecule has 1 aliphatic carbocycles. The predicted molar refractivity (Wildman–Crippen MR) is 89.2 cm³/mol. The number of rotatable bonds is 6. The summed E-state index contributed by atoms with van der Waals surface area (Å²) in [4.78, 5) is 24.4. The summed E-state index contributed by atoms with van der Waals surface area (Å²) in [5.74, 6) is -0.662. The fourth-order valence-electron chi connectivity index (χ4n) is 2.73. The highest BCUT2D eigenvalue weighted by molar-refractivity contribution is 8.00. The lowest BCUT2D eigenvalue weighted by Crippen LogP contribution is -2.25. The van der Waals surface area contributed by atoms with Crippen molar-refractivity contribution in [3.8, 4) is 0 Å². The summed E-state index contributed by atoms with van der Waals surface area (Å²) in [5, 5.41) is 11.7. The number of para-hydroxylation sites is 1. The fraction of sp³-hybridized carbons (Fsp3) is 0.529. The van der Waals surface area contributed by atoms with Crippen LogP contribution in [0.1, 0.15) is 45.4 Å². The van der Waals surface area contributed by atoms with E-state index in [1.807, 2.05) is 31.2 Å². The first-order valence-corrected chi connectivity index (χ1v) is 8.79. The van der Waals surface area contributed by atoms with E-state index in [0.29, 0.717) is 6.42 Å². The number of benzene rings is 1. The molecule has 2 N–H and O–H groups in total. The summed E-state index contributed by atoms with van der Waals surface area (Å²) in [6.45, 7) is 1.86. The number of thioether (sulfide) groups is 1. The molecule has 1 aliphatic rings. The third-order valence-electron chi connectivity index (χ3n) is 4.04. The minimum absolute atomic E-state index is 0.0659. The molecular weight excluding hydrogens is 298 g/mol. The van der Waals surface area contributed by atoms with Gasteiger partial charge < -0.3 is 10.4 Å². The third kappa shape index (κ3) is 4.50. The Hall–Kier alpha value is -1.49. The number of carbonyl (C=O) groups is 2. The minimum Gasteiger partial charge on any atom is -0.480 e. The van der Waals surface area contributed by atoms with E-state index in [9.17, 15) is 14.7 Å². The second kappa shape index (κ2) is 8.22. The topological polar surface area (TPSA) is 66.4 Å². The number of hydrogen-bond donors (Lipinski definition) is 2. The molecule has 1 unspecified atom stereocenters. The first kappa shape index (κ1) is 16.9. The van der Waals surface area contributed by atoms with Gasteiger partial charge >= 0.3 is 5.97 Å². The summed E-state index contributed by atoms with van der Waals surface area (Å²) in [7, 11) is 0. The Morgan fingerprint density at radius 3 is 2.59 bits per heavy atom. The number of carbonyl (C=O) groups excluding carboxylic acids is 1. The van der Waals surface area contributed by atoms with Gasteiger partial charge in [0.05, 0.1) is 5.69 Å². The maximum atomic E-state index is 12.4. The average molecular weight is 321 g/mol. The summed E-state index contributed by atoms with van der Waals surface area (Å²) in [5.41, 5.74) is 0.725. The molecule has 1 amide bonds. The van der Waals surface area contributed by atoms with Crippen molar-refractivity contribution >= 4 is 29.3 Å². The van der Waals surface area contributed by atoms with Crippen LogP contribution in [-0.4, -0.2) is 22.2 Å². The van der Waals surface area contributed by atoms with Crippen molar-refractivity contribution in [3.63, 3.8) is 0 Å². The average Bonchev–Trinajstić information content (AvgIpc) is 2.54. The lowest BCUT2D eigenvalue weighted by molar-refractivity contribution is -0.136. The summed E-state index contributed by atoms with van der Waals surface area (Å²) in [6.07, 6.45) is 5.90. The summed E-state index contributed by atoms with van der Waals surface area (Å²) in [6, 6.07) is 7.44. The van der Waals surface area contributed by atoms with Gasteiger partial charge in [-0.3, -0.25) is 9.59 Å². The number of nitrogens with one attached hydrogen (secondary N) is 1. The van der Waals surface area contributed by atoms with Gasteiger partial charge in [0.15, 0.2) is 0 Å². The highest BCUT2D eigenvalue weighted by atomic mass is 32.2. The van der Waals surface area contributed by atoms with Gasteiger partial charge in [-0.05, 0) is 31.4 Å². The Bertz CT molecular complexity index is 526. The van der Waals surface area contributed by atoms with Crippen molar-refractivity contribution < 1.29 is 14.7 Å². The van der Waals surface area contributed by atoms with Gasteiger partial charge in [0.1, 0.15) is 5.25 Å². The molecule has 4 nitrogen and oxygen atoms in total. The van der Waals surface area contributed by atoms with Crippen LogP contribution < -0.4 is 5.32 Å². The van der Waals surface area contributed by atoms with Crippen molar-refractivity contribution in [1.82, 2.24) is 0 Å². The van der Waals surface area contributed by atoms with E-state index in [2.05, 4.69) is 5.32 Å². The molecule has 1 saturated carbocycles. The maximum Gasteiger partial charge on any atom is 0.316 e. The van der Waals surface area contributed by atoms with E-state index in [-0.39, 0.29) is 11.8 Å². The maximum absolute atomic E-state index is 12.4. The molecule has 1 fully saturated rings. The fourth-order valence-corrected chi connectivity index (χ4v) is 3.71. The molecule has 2 rings (SSSR count). The first-order chi connectivity index (χ1) is 10.6. The highest BCUT2D eigenvalue weighted by Gasteiger charge is 2.23. The van der Waals surface area contributed by atoms with Crippen LogP contribution in [0.15, 0.2) is 29.2 Å². The van der Waals surface area contributed by atoms with Crippen LogP contribution in [0, 0.1) is 5.92 Å². The molecule has 0 aromatic heterocycles. The van der Waals surface area contributed by atoms with Crippen molar-refractivity contribution in [3.05, 3.63) is 24.3 Å². The summed E-state index contributed by atoms with van der Waals surface area (Å²) < 4.78 is 0. The van der Waals surface area contributed by atoms with E-state index in [1.54, 1.807) is 0 Å². The number of carboxylic acids is 1. The predicted octanol–water partition coefficient (Wildman–Crippen LogP) is 4.16. The molecule has 0 heterocycles. The number of hydrogen-bond acceptors (Lipinski definition) is 3. The van der Waals surface area contributed by atoms with Crippen LogP contribution in [0.25, 0.3) is 0 Å². The van der Waals surface area contributed by atoms with Gasteiger partial charge in [-0.2, -0.15) is 0 Å². The molecular formula is C17H23NO3S. The van der Waals surface area contributed by atoms with Crippen LogP contribution in [0.5, 0.6) is 0 Å². The number of anilines is 1. The quantitative estimate of drug-likeness (QED) is 0.772. The first-order valence-electron chi connectivity index (χ1n) is 7.91. The molecule has 120 valence electrons. The third-order valence-corrected chi connectivity index (χ3v) is 5.47. The van der Waals surface area contributed by atoms with Gasteiger partial charge in [0.25, 0.3) is 0 Å². The van der Waals surface area contributed by atoms with E-state index >= 15 is 0 Å². The van der Waals surface area contributed by atoms with Gasteiger partial charge in [-0.15, -0.1) is 11.8 Å². The second-order valence-corrected chi connectivity index (χ2v) is 6.92. The van der Waals surface area contributed by atoms with Crippen LogP contribution in [0.3, 0.4) is 0 Å². The van der Waals surface area contributed by atoms with Crippen LogP contribution >= 0.6 is 11.8 Å². The zero-order valence-corrected chi connectivity index (χ0v) is 13.7. The standard InChI is InChI=1S/C17H23NO3S/c1-2-14(17(20)21)22-15-11-7-6-10-13(15)18-16(19)12-8-4-3-5-9-12/h6-7,10-12,14H,2-5,8-9H2,1H3,(H,18,19)(H,20,21). The Kier molecular flexibility index (Phi) is 6.31. The van der Waals surface area contributed by atoms with Crippen molar-refractivity contribution in [2.24, 2.45) is 5.92 Å². The van der Waals surface area contributed by atoms with E-state index in [1.165, 1.54) is 18.2 Å². The molecule has 1 atom stereocenters. The van der Waals surface area contributed by atoms with Crippen LogP contribution in [-0.2, 0) is 9.59 Å². The number of carboxylic acid groups (broad SMARTS) is 1. The molecule has 22 heavy (non-hydrogen) atoms. The SMILES string of the molecule is CCC(Sc1ccccc1NC(=O)C1CCCCC1)C(=O)O. The normalized spacial score (nSPS) is 17.0. The monoisotopic (exact) mass is 321 g/mol. The molecule has 0 bridgehead atoms. The lowest BCUT2D eigenvalue weighted by atomic mass is 9.88. The zero-order valence-electron chi connectivity index (χ0n) is 12.9. The molecule has 1 aromatic carbocycles. The Morgan fingerprint density at radius 1 is 1.27 bits per heavy atom. The molecule has 1 aromatic rings. The molecule has 5 heteroatoms. The van der Waals surface area contributed by atoms with Gasteiger partial charge in [0, 0.05) is 10.8 Å². The van der Waals surface area contributed by atoms with Crippen LogP contribution in [0.2, 0.25) is 0 Å². The van der Waals surface area contributed by atoms with Crippen molar-refractivity contribution in [2.75, 3.05) is 5.32 Å². The van der Waals surface area contributed by atoms with Gasteiger partial charge in [0.2, 0.25) is 5.91 Å². The van der Waals surface area contributed by atoms with Gasteiger partial charge in [-0.1, -0.05) is 38.3 Å². The molecule has 0 aliphatic heterocycles. The highest BCUT2D eigenvalue weighted by Crippen LogP contribution is 2.33. The van der Waals surface area contributed by atoms with E-state index in [4.69, 9.17) is 0 Å². The number of aliphatic carboxylic acids is 1. The molecule has 0 saturated heterocycles. The molecule has 0 spiro atoms. The lowest BCUT2D eigenvalue weighted by Gasteiger charge is -2.22. The minimum atomic E-state index is -0.819. The van der Waals surface area contributed by atoms with Gasteiger partial charge in [-0.25, -0.2) is 0 Å². The van der Waals surface area contributed by atoms with E-state index in [0.717, 1.165) is 36.3 Å². The number of amides is 1. The molecule has 0 radical (unpaired) electrons. The van der Waals surface area contributed by atoms with Crippen LogP contribution in [0.4, 0.5) is 5.69 Å². The van der Waals surface area contributed by atoms with E-state index < -0.39 is 11.2 Å². The largest absolute Gasteiger partial charge is 0.480 e. The Labute approximate surface area is 135 Å². The Morgan fingerprint density at radius 2 is 1.95 bits per heavy atom. The van der Waals surface area contributed by atoms with Crippen molar-refractivity contribution in [2.45, 2.75) is 55.6 Å².